The Bertz CT molecular complexity index is 724. The third kappa shape index (κ3) is 4.61. The maximum Gasteiger partial charge on any atom is 0.267 e. The summed E-state index contributed by atoms with van der Waals surface area (Å²) in [5, 5.41) is 3.41. The van der Waals surface area contributed by atoms with Gasteiger partial charge >= 0.3 is 0 Å². The van der Waals surface area contributed by atoms with Crippen LogP contribution in [0.4, 0.5) is 0 Å². The Balaban J connectivity index is 1.54. The molecule has 0 unspecified atom stereocenters. The first-order valence-corrected chi connectivity index (χ1v) is 11.1. The number of hydrogen-bond donors (Lipinski definition) is 1. The highest BCUT2D eigenvalue weighted by Gasteiger charge is 2.30. The second kappa shape index (κ2) is 7.87. The van der Waals surface area contributed by atoms with Crippen LogP contribution in [0, 0.1) is 5.92 Å². The fourth-order valence-corrected chi connectivity index (χ4v) is 4.75. The fourth-order valence-electron chi connectivity index (χ4n) is 3.92. The molecule has 2 aliphatic rings. The van der Waals surface area contributed by atoms with E-state index in [1.807, 2.05) is 6.07 Å². The largest absolute Gasteiger partial charge is 0.317 e. The summed E-state index contributed by atoms with van der Waals surface area (Å²) in [5.41, 5.74) is 2.78. The quantitative estimate of drug-likeness (QED) is 0.787. The summed E-state index contributed by atoms with van der Waals surface area (Å²) < 4.78 is 24.3. The van der Waals surface area contributed by atoms with Gasteiger partial charge in [-0.05, 0) is 68.3 Å². The Kier molecular flexibility index (Phi) is 5.79. The normalized spacial score (nSPS) is 19.1. The molecule has 0 saturated carbocycles. The lowest BCUT2D eigenvalue weighted by atomic mass is 9.91. The Morgan fingerprint density at radius 2 is 1.96 bits per heavy atom. The lowest BCUT2D eigenvalue weighted by Gasteiger charge is -2.27. The average molecular weight is 365 g/mol. The Labute approximate surface area is 150 Å². The van der Waals surface area contributed by atoms with Crippen LogP contribution >= 0.6 is 0 Å². The van der Waals surface area contributed by atoms with Gasteiger partial charge < -0.3 is 5.32 Å². The molecule has 0 aromatic heterocycles. The van der Waals surface area contributed by atoms with Crippen molar-refractivity contribution in [3.63, 3.8) is 0 Å². The monoisotopic (exact) mass is 364 g/mol. The highest BCUT2D eigenvalue weighted by atomic mass is 32.2. The van der Waals surface area contributed by atoms with Crippen LogP contribution in [0.1, 0.15) is 53.6 Å². The van der Waals surface area contributed by atoms with Gasteiger partial charge in [0.15, 0.2) is 0 Å². The number of rotatable bonds is 6. The number of carbonyl (C=O) groups excluding carboxylic acids is 1. The van der Waals surface area contributed by atoms with E-state index in [2.05, 4.69) is 11.4 Å². The van der Waals surface area contributed by atoms with Crippen LogP contribution in [0.15, 0.2) is 18.2 Å². The summed E-state index contributed by atoms with van der Waals surface area (Å²) in [6, 6.07) is 5.88. The van der Waals surface area contributed by atoms with Crippen LogP contribution in [-0.4, -0.2) is 44.5 Å². The molecular weight excluding hydrogens is 336 g/mol. The molecule has 0 spiro atoms. The molecule has 1 aromatic rings. The summed E-state index contributed by atoms with van der Waals surface area (Å²) in [6.07, 6.45) is 9.07. The van der Waals surface area contributed by atoms with Crippen molar-refractivity contribution in [1.29, 1.82) is 0 Å². The maximum absolute atomic E-state index is 12.4. The number of unbranched alkanes of at least 4 members (excludes halogenated alkanes) is 1. The lowest BCUT2D eigenvalue weighted by Crippen LogP contribution is -2.41. The van der Waals surface area contributed by atoms with Gasteiger partial charge in [-0.25, -0.2) is 12.7 Å². The highest BCUT2D eigenvalue weighted by molar-refractivity contribution is 7.88. The highest BCUT2D eigenvalue weighted by Crippen LogP contribution is 2.24. The summed E-state index contributed by atoms with van der Waals surface area (Å²) in [4.78, 5) is 12.4. The SMILES string of the molecule is CS(=O)(=O)N1CCc2cc(CCCCC3CCNCC3)ccc2C1=O. The van der Waals surface area contributed by atoms with Gasteiger partial charge in [-0.15, -0.1) is 0 Å². The zero-order valence-electron chi connectivity index (χ0n) is 15.0. The third-order valence-corrected chi connectivity index (χ3v) is 6.55. The van der Waals surface area contributed by atoms with Crippen molar-refractivity contribution >= 4 is 15.9 Å². The van der Waals surface area contributed by atoms with E-state index in [1.54, 1.807) is 6.07 Å². The second-order valence-electron chi connectivity index (χ2n) is 7.32. The first-order valence-electron chi connectivity index (χ1n) is 9.30. The summed E-state index contributed by atoms with van der Waals surface area (Å²) in [5.74, 6) is 0.491. The molecule has 5 nitrogen and oxygen atoms in total. The molecule has 25 heavy (non-hydrogen) atoms. The third-order valence-electron chi connectivity index (χ3n) is 5.40. The van der Waals surface area contributed by atoms with Crippen molar-refractivity contribution in [3.8, 4) is 0 Å². The molecule has 1 fully saturated rings. The topological polar surface area (TPSA) is 66.5 Å². The van der Waals surface area contributed by atoms with Gasteiger partial charge in [0.25, 0.3) is 5.91 Å². The number of benzene rings is 1. The Morgan fingerprint density at radius 3 is 2.68 bits per heavy atom. The molecule has 0 atom stereocenters. The van der Waals surface area contributed by atoms with Crippen molar-refractivity contribution in [3.05, 3.63) is 34.9 Å². The number of carbonyl (C=O) groups is 1. The van der Waals surface area contributed by atoms with Gasteiger partial charge in [-0.1, -0.05) is 25.0 Å². The van der Waals surface area contributed by atoms with Crippen LogP contribution in [0.5, 0.6) is 0 Å². The molecule has 1 amide bonds. The molecule has 3 rings (SSSR count). The van der Waals surface area contributed by atoms with E-state index < -0.39 is 10.0 Å². The molecule has 6 heteroatoms. The van der Waals surface area contributed by atoms with Crippen LogP contribution in [0.3, 0.4) is 0 Å². The fraction of sp³-hybridized carbons (Fsp3) is 0.632. The molecule has 1 aromatic carbocycles. The lowest BCUT2D eigenvalue weighted by molar-refractivity contribution is 0.0850. The van der Waals surface area contributed by atoms with Crippen LogP contribution in [0.2, 0.25) is 0 Å². The molecule has 2 aliphatic heterocycles. The van der Waals surface area contributed by atoms with Gasteiger partial charge in [-0.3, -0.25) is 4.79 Å². The number of amides is 1. The summed E-state index contributed by atoms with van der Waals surface area (Å²) in [6.45, 7) is 2.58. The first kappa shape index (κ1) is 18.4. The average Bonchev–Trinajstić information content (AvgIpc) is 2.59. The van der Waals surface area contributed by atoms with Gasteiger partial charge in [-0.2, -0.15) is 0 Å². The molecule has 2 heterocycles. The van der Waals surface area contributed by atoms with E-state index in [0.717, 1.165) is 41.6 Å². The van der Waals surface area contributed by atoms with E-state index in [1.165, 1.54) is 37.7 Å². The minimum absolute atomic E-state index is 0.254. The predicted octanol–water partition coefficient (Wildman–Crippen LogP) is 2.36. The van der Waals surface area contributed by atoms with Gasteiger partial charge in [0.2, 0.25) is 10.0 Å². The molecule has 0 radical (unpaired) electrons. The summed E-state index contributed by atoms with van der Waals surface area (Å²) in [7, 11) is -3.48. The minimum atomic E-state index is -3.48. The van der Waals surface area contributed by atoms with Gasteiger partial charge in [0.05, 0.1) is 6.26 Å². The zero-order chi connectivity index (χ0) is 17.9. The molecule has 1 saturated heterocycles. The van der Waals surface area contributed by atoms with E-state index >= 15 is 0 Å². The number of nitrogens with one attached hydrogen (secondary N) is 1. The van der Waals surface area contributed by atoms with Crippen molar-refractivity contribution in [2.45, 2.75) is 44.9 Å². The van der Waals surface area contributed by atoms with E-state index in [-0.39, 0.29) is 12.5 Å². The van der Waals surface area contributed by atoms with Crippen molar-refractivity contribution < 1.29 is 13.2 Å². The van der Waals surface area contributed by atoms with Crippen LogP contribution in [-0.2, 0) is 22.9 Å². The number of sulfonamides is 1. The van der Waals surface area contributed by atoms with Crippen LogP contribution in [0.25, 0.3) is 0 Å². The number of aryl methyl sites for hydroxylation is 1. The number of piperidine rings is 1. The van der Waals surface area contributed by atoms with Gasteiger partial charge in [0.1, 0.15) is 0 Å². The maximum atomic E-state index is 12.4. The van der Waals surface area contributed by atoms with Gasteiger partial charge in [0, 0.05) is 12.1 Å². The predicted molar refractivity (Wildman–Crippen MR) is 99.2 cm³/mol. The first-order chi connectivity index (χ1) is 11.9. The smallest absolute Gasteiger partial charge is 0.267 e. The number of fused-ring (bicyclic) bond motifs is 1. The molecule has 138 valence electrons. The van der Waals surface area contributed by atoms with E-state index in [4.69, 9.17) is 0 Å². The zero-order valence-corrected chi connectivity index (χ0v) is 15.8. The molecule has 0 aliphatic carbocycles. The minimum Gasteiger partial charge on any atom is -0.317 e. The Morgan fingerprint density at radius 1 is 1.20 bits per heavy atom. The molecule has 1 N–H and O–H groups in total. The number of hydrogen-bond acceptors (Lipinski definition) is 4. The molecule has 0 bridgehead atoms. The van der Waals surface area contributed by atoms with Crippen molar-refractivity contribution in [2.24, 2.45) is 5.92 Å². The van der Waals surface area contributed by atoms with E-state index in [0.29, 0.717) is 12.0 Å². The summed E-state index contributed by atoms with van der Waals surface area (Å²) >= 11 is 0. The molecular formula is C19H28N2O3S. The van der Waals surface area contributed by atoms with Crippen LogP contribution < -0.4 is 5.32 Å². The van der Waals surface area contributed by atoms with E-state index in [9.17, 15) is 13.2 Å². The van der Waals surface area contributed by atoms with Crippen molar-refractivity contribution in [1.82, 2.24) is 9.62 Å². The second-order valence-corrected chi connectivity index (χ2v) is 9.23. The Hall–Kier alpha value is -1.40. The number of nitrogens with zero attached hydrogens (tertiary/aromatic N) is 1. The standard InChI is InChI=1S/C19H28N2O3S/c1-25(23,24)21-13-10-17-14-16(6-7-18(17)19(21)22)5-3-2-4-15-8-11-20-12-9-15/h6-7,14-15,20H,2-5,8-13H2,1H3. The van der Waals surface area contributed by atoms with Crippen molar-refractivity contribution in [2.75, 3.05) is 25.9 Å².